The van der Waals surface area contributed by atoms with Crippen LogP contribution in [0.5, 0.6) is 11.6 Å². The molecular weight excluding hydrogens is 304 g/mol. The summed E-state index contributed by atoms with van der Waals surface area (Å²) in [5.74, 6) is 0.0584. The molecule has 0 radical (unpaired) electrons. The van der Waals surface area contributed by atoms with Gasteiger partial charge in [-0.05, 0) is 18.2 Å². The third-order valence-corrected chi connectivity index (χ3v) is 2.58. The van der Waals surface area contributed by atoms with Crippen molar-refractivity contribution in [1.82, 2.24) is 9.97 Å². The molecule has 1 heterocycles. The van der Waals surface area contributed by atoms with Gasteiger partial charge in [-0.15, -0.1) is 0 Å². The van der Waals surface area contributed by atoms with Crippen molar-refractivity contribution in [2.75, 3.05) is 6.61 Å². The van der Waals surface area contributed by atoms with Crippen LogP contribution in [0.3, 0.4) is 0 Å². The van der Waals surface area contributed by atoms with Crippen molar-refractivity contribution in [3.05, 3.63) is 35.6 Å². The first-order valence-corrected chi connectivity index (χ1v) is 6.04. The molecule has 0 atom stereocenters. The van der Waals surface area contributed by atoms with Crippen molar-refractivity contribution >= 4 is 11.6 Å². The van der Waals surface area contributed by atoms with Crippen molar-refractivity contribution in [1.29, 1.82) is 5.26 Å². The zero-order valence-corrected chi connectivity index (χ0v) is 11.2. The molecule has 108 valence electrons. The quantitative estimate of drug-likeness (QED) is 0.847. The number of rotatable bonds is 5. The SMILES string of the molecule is N#CCOc1cc(Cl)ccc1-c1cnc(OC(F)F)cn1. The number of hydrogen-bond donors (Lipinski definition) is 0. The summed E-state index contributed by atoms with van der Waals surface area (Å²) in [5, 5.41) is 8.98. The molecule has 21 heavy (non-hydrogen) atoms. The maximum Gasteiger partial charge on any atom is 0.388 e. The van der Waals surface area contributed by atoms with Gasteiger partial charge in [0.25, 0.3) is 0 Å². The lowest BCUT2D eigenvalue weighted by atomic mass is 10.1. The highest BCUT2D eigenvalue weighted by Crippen LogP contribution is 2.31. The molecule has 0 spiro atoms. The second kappa shape index (κ2) is 6.81. The van der Waals surface area contributed by atoms with Crippen molar-refractivity contribution in [2.45, 2.75) is 6.61 Å². The highest BCUT2D eigenvalue weighted by molar-refractivity contribution is 6.30. The first-order valence-electron chi connectivity index (χ1n) is 5.66. The molecule has 1 aromatic carbocycles. The van der Waals surface area contributed by atoms with Gasteiger partial charge in [-0.2, -0.15) is 14.0 Å². The topological polar surface area (TPSA) is 68.0 Å². The Morgan fingerprint density at radius 1 is 1.29 bits per heavy atom. The van der Waals surface area contributed by atoms with Crippen LogP contribution in [0.2, 0.25) is 5.02 Å². The van der Waals surface area contributed by atoms with Gasteiger partial charge in [-0.3, -0.25) is 0 Å². The summed E-state index contributed by atoms with van der Waals surface area (Å²) in [6, 6.07) is 6.61. The van der Waals surface area contributed by atoms with Gasteiger partial charge in [0.2, 0.25) is 5.88 Å². The van der Waals surface area contributed by atoms with Crippen LogP contribution in [0, 0.1) is 11.3 Å². The fraction of sp³-hybridized carbons (Fsp3) is 0.154. The van der Waals surface area contributed by atoms with Crippen LogP contribution in [-0.4, -0.2) is 23.2 Å². The maximum atomic E-state index is 12.0. The number of benzene rings is 1. The monoisotopic (exact) mass is 311 g/mol. The fourth-order valence-corrected chi connectivity index (χ4v) is 1.71. The average Bonchev–Trinajstić information content (AvgIpc) is 2.46. The Bertz CT molecular complexity index is 659. The van der Waals surface area contributed by atoms with Gasteiger partial charge in [0.1, 0.15) is 11.8 Å². The standard InChI is InChI=1S/C13H8ClF2N3O2/c14-8-1-2-9(11(5-8)20-4-3-17)10-6-19-12(7-18-10)21-13(15)16/h1-2,5-7,13H,4H2. The summed E-state index contributed by atoms with van der Waals surface area (Å²) < 4.78 is 33.4. The summed E-state index contributed by atoms with van der Waals surface area (Å²) >= 11 is 5.86. The third kappa shape index (κ3) is 4.00. The number of halogens is 3. The zero-order valence-electron chi connectivity index (χ0n) is 10.5. The van der Waals surface area contributed by atoms with E-state index in [1.807, 2.05) is 6.07 Å². The largest absolute Gasteiger partial charge is 0.478 e. The van der Waals surface area contributed by atoms with E-state index < -0.39 is 6.61 Å². The highest BCUT2D eigenvalue weighted by Gasteiger charge is 2.11. The fourth-order valence-electron chi connectivity index (χ4n) is 1.54. The molecule has 0 bridgehead atoms. The van der Waals surface area contributed by atoms with Gasteiger partial charge in [0, 0.05) is 10.6 Å². The zero-order chi connectivity index (χ0) is 15.2. The minimum absolute atomic E-state index is 0.159. The number of nitrogens with zero attached hydrogens (tertiary/aromatic N) is 3. The van der Waals surface area contributed by atoms with E-state index in [0.29, 0.717) is 22.0 Å². The van der Waals surface area contributed by atoms with E-state index in [9.17, 15) is 8.78 Å². The first-order chi connectivity index (χ1) is 10.1. The molecule has 0 aliphatic heterocycles. The Morgan fingerprint density at radius 2 is 2.10 bits per heavy atom. The Kier molecular flexibility index (Phi) is 4.85. The minimum atomic E-state index is -2.96. The van der Waals surface area contributed by atoms with Gasteiger partial charge in [0.05, 0.1) is 18.1 Å². The Morgan fingerprint density at radius 3 is 2.71 bits per heavy atom. The normalized spacial score (nSPS) is 10.2. The van der Waals surface area contributed by atoms with Crippen LogP contribution in [0.25, 0.3) is 11.3 Å². The van der Waals surface area contributed by atoms with E-state index in [1.165, 1.54) is 12.3 Å². The summed E-state index contributed by atoms with van der Waals surface area (Å²) in [6.45, 7) is -3.12. The van der Waals surface area contributed by atoms with E-state index in [-0.39, 0.29) is 12.5 Å². The molecule has 2 rings (SSSR count). The molecule has 0 unspecified atom stereocenters. The Balaban J connectivity index is 2.30. The lowest BCUT2D eigenvalue weighted by molar-refractivity contribution is -0.0530. The van der Waals surface area contributed by atoms with Crippen LogP contribution >= 0.6 is 11.6 Å². The highest BCUT2D eigenvalue weighted by atomic mass is 35.5. The lowest BCUT2D eigenvalue weighted by Gasteiger charge is -2.09. The third-order valence-electron chi connectivity index (χ3n) is 2.35. The molecule has 0 aliphatic rings. The van der Waals surface area contributed by atoms with Crippen LogP contribution in [0.4, 0.5) is 8.78 Å². The number of ether oxygens (including phenoxy) is 2. The number of alkyl halides is 2. The average molecular weight is 312 g/mol. The molecule has 1 aromatic heterocycles. The summed E-state index contributed by atoms with van der Waals surface area (Å²) in [7, 11) is 0. The van der Waals surface area contributed by atoms with Crippen molar-refractivity contribution < 1.29 is 18.3 Å². The maximum absolute atomic E-state index is 12.0. The minimum Gasteiger partial charge on any atom is -0.478 e. The molecule has 0 amide bonds. The van der Waals surface area contributed by atoms with Crippen LogP contribution in [0.1, 0.15) is 0 Å². The van der Waals surface area contributed by atoms with Crippen LogP contribution < -0.4 is 9.47 Å². The second-order valence-electron chi connectivity index (χ2n) is 3.71. The molecule has 0 saturated heterocycles. The Hall–Kier alpha value is -2.46. The van der Waals surface area contributed by atoms with Crippen LogP contribution in [-0.2, 0) is 0 Å². The molecular formula is C13H8ClF2N3O2. The van der Waals surface area contributed by atoms with E-state index >= 15 is 0 Å². The summed E-state index contributed by atoms with van der Waals surface area (Å²) in [4.78, 5) is 7.69. The number of nitriles is 1. The van der Waals surface area contributed by atoms with Gasteiger partial charge in [0.15, 0.2) is 6.61 Å². The molecule has 2 aromatic rings. The summed E-state index contributed by atoms with van der Waals surface area (Å²) in [6.07, 6.45) is 2.34. The van der Waals surface area contributed by atoms with E-state index in [2.05, 4.69) is 14.7 Å². The van der Waals surface area contributed by atoms with E-state index in [0.717, 1.165) is 6.20 Å². The number of aromatic nitrogens is 2. The lowest BCUT2D eigenvalue weighted by Crippen LogP contribution is -2.04. The van der Waals surface area contributed by atoms with E-state index in [1.54, 1.807) is 12.1 Å². The predicted octanol–water partition coefficient (Wildman–Crippen LogP) is 3.30. The molecule has 5 nitrogen and oxygen atoms in total. The smallest absolute Gasteiger partial charge is 0.388 e. The molecule has 0 N–H and O–H groups in total. The predicted molar refractivity (Wildman–Crippen MR) is 70.2 cm³/mol. The van der Waals surface area contributed by atoms with Gasteiger partial charge in [-0.25, -0.2) is 9.97 Å². The molecule has 8 heteroatoms. The second-order valence-corrected chi connectivity index (χ2v) is 4.14. The van der Waals surface area contributed by atoms with Gasteiger partial charge >= 0.3 is 6.61 Å². The van der Waals surface area contributed by atoms with Gasteiger partial charge < -0.3 is 9.47 Å². The van der Waals surface area contributed by atoms with Crippen molar-refractivity contribution in [3.8, 4) is 29.0 Å². The molecule has 0 saturated carbocycles. The molecule has 0 aliphatic carbocycles. The van der Waals surface area contributed by atoms with Gasteiger partial charge in [-0.1, -0.05) is 11.6 Å². The van der Waals surface area contributed by atoms with Crippen molar-refractivity contribution in [2.24, 2.45) is 0 Å². The van der Waals surface area contributed by atoms with Crippen LogP contribution in [0.15, 0.2) is 30.6 Å². The summed E-state index contributed by atoms with van der Waals surface area (Å²) in [5.41, 5.74) is 0.909. The Labute approximate surface area is 123 Å². The molecule has 0 fully saturated rings. The van der Waals surface area contributed by atoms with Crippen molar-refractivity contribution in [3.63, 3.8) is 0 Å². The van der Waals surface area contributed by atoms with E-state index in [4.69, 9.17) is 21.6 Å². The first kappa shape index (κ1) is 14.9. The number of hydrogen-bond acceptors (Lipinski definition) is 5.